The molecule has 92 valence electrons. The second-order valence-electron chi connectivity index (χ2n) is 4.54. The molecular formula is C13H17ClN2S. The van der Waals surface area contributed by atoms with Gasteiger partial charge < -0.3 is 10.6 Å². The van der Waals surface area contributed by atoms with Crippen LogP contribution in [0.15, 0.2) is 18.2 Å². The maximum Gasteiger partial charge on any atom is 0.107 e. The Balaban J connectivity index is 2.43. The van der Waals surface area contributed by atoms with E-state index in [9.17, 15) is 0 Å². The smallest absolute Gasteiger partial charge is 0.107 e. The lowest BCUT2D eigenvalue weighted by Gasteiger charge is -2.36. The quantitative estimate of drug-likeness (QED) is 0.834. The van der Waals surface area contributed by atoms with Crippen LogP contribution in [0.2, 0.25) is 5.02 Å². The molecule has 1 heterocycles. The van der Waals surface area contributed by atoms with Crippen LogP contribution < -0.4 is 10.6 Å². The normalized spacial score (nSPS) is 20.4. The Morgan fingerprint density at radius 2 is 2.24 bits per heavy atom. The third-order valence-electron chi connectivity index (χ3n) is 3.35. The molecule has 1 unspecified atom stereocenters. The molecule has 0 bridgehead atoms. The predicted octanol–water partition coefficient (Wildman–Crippen LogP) is 3.35. The molecule has 1 atom stereocenters. The average molecular weight is 269 g/mol. The topological polar surface area (TPSA) is 29.3 Å². The summed E-state index contributed by atoms with van der Waals surface area (Å²) in [6.07, 6.45) is 3.72. The first-order valence-corrected chi connectivity index (χ1v) is 6.75. The van der Waals surface area contributed by atoms with Gasteiger partial charge in [0, 0.05) is 18.3 Å². The summed E-state index contributed by atoms with van der Waals surface area (Å²) in [5.41, 5.74) is 7.69. The summed E-state index contributed by atoms with van der Waals surface area (Å²) < 4.78 is 0. The molecule has 2 nitrogen and oxygen atoms in total. The van der Waals surface area contributed by atoms with Crippen LogP contribution in [0.25, 0.3) is 0 Å². The minimum atomic E-state index is 0.378. The molecule has 0 amide bonds. The zero-order chi connectivity index (χ0) is 12.4. The van der Waals surface area contributed by atoms with Gasteiger partial charge in [0.25, 0.3) is 0 Å². The van der Waals surface area contributed by atoms with Gasteiger partial charge in [-0.1, -0.05) is 29.9 Å². The number of piperidine rings is 1. The van der Waals surface area contributed by atoms with Gasteiger partial charge in [-0.15, -0.1) is 0 Å². The molecule has 1 aromatic rings. The molecule has 17 heavy (non-hydrogen) atoms. The van der Waals surface area contributed by atoms with Crippen molar-refractivity contribution in [3.8, 4) is 0 Å². The predicted molar refractivity (Wildman–Crippen MR) is 78.0 cm³/mol. The molecule has 1 saturated heterocycles. The number of nitrogens with zero attached hydrogens (tertiary/aromatic N) is 1. The van der Waals surface area contributed by atoms with Gasteiger partial charge in [-0.05, 0) is 38.3 Å². The summed E-state index contributed by atoms with van der Waals surface area (Å²) in [7, 11) is 0. The van der Waals surface area contributed by atoms with Crippen molar-refractivity contribution >= 4 is 34.5 Å². The van der Waals surface area contributed by atoms with Gasteiger partial charge in [0.2, 0.25) is 0 Å². The number of rotatable bonds is 2. The Labute approximate surface area is 113 Å². The molecule has 4 heteroatoms. The first-order valence-electron chi connectivity index (χ1n) is 5.96. The van der Waals surface area contributed by atoms with E-state index in [1.54, 1.807) is 0 Å². The van der Waals surface area contributed by atoms with Gasteiger partial charge in [-0.25, -0.2) is 0 Å². The standard InChI is InChI=1S/C13H17ClN2S/c1-9-5-2-3-8-16(9)11-7-4-6-10(14)12(11)13(15)17/h4,6-7,9H,2-3,5,8H2,1H3,(H2,15,17). The Morgan fingerprint density at radius 3 is 2.88 bits per heavy atom. The third-order valence-corrected chi connectivity index (χ3v) is 3.87. The number of hydrogen-bond acceptors (Lipinski definition) is 2. The second-order valence-corrected chi connectivity index (χ2v) is 5.38. The van der Waals surface area contributed by atoms with Crippen LogP contribution in [0.5, 0.6) is 0 Å². The fourth-order valence-corrected chi connectivity index (χ4v) is 2.99. The maximum atomic E-state index is 6.20. The molecule has 2 rings (SSSR count). The van der Waals surface area contributed by atoms with E-state index in [1.807, 2.05) is 12.1 Å². The van der Waals surface area contributed by atoms with Crippen molar-refractivity contribution < 1.29 is 0 Å². The summed E-state index contributed by atoms with van der Waals surface area (Å²) in [4.78, 5) is 2.74. The summed E-state index contributed by atoms with van der Waals surface area (Å²) in [5, 5.41) is 0.646. The summed E-state index contributed by atoms with van der Waals surface area (Å²) in [5.74, 6) is 0. The van der Waals surface area contributed by atoms with Gasteiger partial charge in [0.1, 0.15) is 4.99 Å². The second kappa shape index (κ2) is 5.23. The van der Waals surface area contributed by atoms with Crippen LogP contribution in [0.3, 0.4) is 0 Å². The molecule has 1 aliphatic heterocycles. The average Bonchev–Trinajstić information content (AvgIpc) is 2.28. The van der Waals surface area contributed by atoms with E-state index in [4.69, 9.17) is 29.6 Å². The number of hydrogen-bond donors (Lipinski definition) is 1. The van der Waals surface area contributed by atoms with Crippen LogP contribution in [-0.2, 0) is 0 Å². The van der Waals surface area contributed by atoms with Gasteiger partial charge in [-0.3, -0.25) is 0 Å². The van der Waals surface area contributed by atoms with Crippen LogP contribution in [0, 0.1) is 0 Å². The van der Waals surface area contributed by atoms with E-state index in [2.05, 4.69) is 17.9 Å². The highest BCUT2D eigenvalue weighted by Gasteiger charge is 2.22. The molecule has 0 radical (unpaired) electrons. The minimum Gasteiger partial charge on any atom is -0.389 e. The molecule has 0 aliphatic carbocycles. The minimum absolute atomic E-state index is 0.378. The van der Waals surface area contributed by atoms with Gasteiger partial charge in [0.05, 0.1) is 10.6 Å². The number of benzene rings is 1. The first-order chi connectivity index (χ1) is 8.11. The zero-order valence-corrected chi connectivity index (χ0v) is 11.5. The molecule has 1 aromatic carbocycles. The van der Waals surface area contributed by atoms with Crippen molar-refractivity contribution in [1.82, 2.24) is 0 Å². The SMILES string of the molecule is CC1CCCCN1c1cccc(Cl)c1C(N)=S. The molecular weight excluding hydrogens is 252 g/mol. The molecule has 0 saturated carbocycles. The van der Waals surface area contributed by atoms with E-state index in [0.29, 0.717) is 16.1 Å². The van der Waals surface area contributed by atoms with Crippen molar-refractivity contribution in [3.63, 3.8) is 0 Å². The Kier molecular flexibility index (Phi) is 3.89. The highest BCUT2D eigenvalue weighted by atomic mass is 35.5. The fraction of sp³-hybridized carbons (Fsp3) is 0.462. The molecule has 1 aliphatic rings. The van der Waals surface area contributed by atoms with E-state index in [0.717, 1.165) is 17.8 Å². The van der Waals surface area contributed by atoms with Gasteiger partial charge in [0.15, 0.2) is 0 Å². The summed E-state index contributed by atoms with van der Waals surface area (Å²) in [6.45, 7) is 3.29. The summed E-state index contributed by atoms with van der Waals surface area (Å²) in [6, 6.07) is 6.38. The Hall–Kier alpha value is -0.800. The van der Waals surface area contributed by atoms with Gasteiger partial charge in [-0.2, -0.15) is 0 Å². The summed E-state index contributed by atoms with van der Waals surface area (Å²) >= 11 is 11.3. The lowest BCUT2D eigenvalue weighted by Crippen LogP contribution is -2.38. The van der Waals surface area contributed by atoms with Crippen LogP contribution in [-0.4, -0.2) is 17.6 Å². The fourth-order valence-electron chi connectivity index (χ4n) is 2.45. The van der Waals surface area contributed by atoms with Crippen molar-refractivity contribution in [3.05, 3.63) is 28.8 Å². The number of anilines is 1. The zero-order valence-electron chi connectivity index (χ0n) is 9.95. The lowest BCUT2D eigenvalue weighted by atomic mass is 10.0. The maximum absolute atomic E-state index is 6.20. The van der Waals surface area contributed by atoms with E-state index >= 15 is 0 Å². The van der Waals surface area contributed by atoms with Crippen molar-refractivity contribution in [2.24, 2.45) is 5.73 Å². The van der Waals surface area contributed by atoms with Crippen molar-refractivity contribution in [2.75, 3.05) is 11.4 Å². The number of halogens is 1. The van der Waals surface area contributed by atoms with Gasteiger partial charge >= 0.3 is 0 Å². The first kappa shape index (κ1) is 12.7. The molecule has 2 N–H and O–H groups in total. The van der Waals surface area contributed by atoms with E-state index in [-0.39, 0.29) is 0 Å². The lowest BCUT2D eigenvalue weighted by molar-refractivity contribution is 0.485. The van der Waals surface area contributed by atoms with Crippen LogP contribution in [0.1, 0.15) is 31.7 Å². The number of thiocarbonyl (C=S) groups is 1. The largest absolute Gasteiger partial charge is 0.389 e. The van der Waals surface area contributed by atoms with Crippen LogP contribution in [0.4, 0.5) is 5.69 Å². The molecule has 0 spiro atoms. The van der Waals surface area contributed by atoms with Crippen molar-refractivity contribution in [1.29, 1.82) is 0 Å². The van der Waals surface area contributed by atoms with E-state index < -0.39 is 0 Å². The third kappa shape index (κ3) is 2.55. The highest BCUT2D eigenvalue weighted by molar-refractivity contribution is 7.80. The van der Waals surface area contributed by atoms with Crippen LogP contribution >= 0.6 is 23.8 Å². The van der Waals surface area contributed by atoms with E-state index in [1.165, 1.54) is 19.3 Å². The Bertz CT molecular complexity index is 433. The Morgan fingerprint density at radius 1 is 1.47 bits per heavy atom. The van der Waals surface area contributed by atoms with Crippen molar-refractivity contribution in [2.45, 2.75) is 32.2 Å². The monoisotopic (exact) mass is 268 g/mol. The molecule has 1 fully saturated rings. The molecule has 0 aromatic heterocycles. The number of nitrogens with two attached hydrogens (primary N) is 1. The highest BCUT2D eigenvalue weighted by Crippen LogP contribution is 2.31.